The number of nitrogens with one attached hydrogen (secondary N) is 1. The molecule has 0 aliphatic carbocycles. The molecule has 0 aromatic heterocycles. The van der Waals surface area contributed by atoms with Gasteiger partial charge in [0.15, 0.2) is 0 Å². The monoisotopic (exact) mass is 808 g/mol. The molecule has 5 nitrogen and oxygen atoms in total. The lowest BCUT2D eigenvalue weighted by Crippen LogP contribution is -2.46. The van der Waals surface area contributed by atoms with Gasteiger partial charge in [0.05, 0.1) is 31.3 Å². The van der Waals surface area contributed by atoms with Gasteiger partial charge >= 0.3 is 0 Å². The van der Waals surface area contributed by atoms with Gasteiger partial charge in [-0.1, -0.05) is 284 Å². The van der Waals surface area contributed by atoms with E-state index in [1.165, 1.54) is 244 Å². The van der Waals surface area contributed by atoms with E-state index in [2.05, 4.69) is 19.2 Å². The second-order valence-electron chi connectivity index (χ2n) is 18.5. The van der Waals surface area contributed by atoms with Crippen molar-refractivity contribution in [3.8, 4) is 0 Å². The number of rotatable bonds is 49. The summed E-state index contributed by atoms with van der Waals surface area (Å²) in [5, 5.41) is 33.6. The van der Waals surface area contributed by atoms with Gasteiger partial charge in [-0.25, -0.2) is 0 Å². The van der Waals surface area contributed by atoms with Crippen LogP contribution < -0.4 is 5.32 Å². The second kappa shape index (κ2) is 48.0. The lowest BCUT2D eigenvalue weighted by atomic mass is 10.0. The Hall–Kier alpha value is -0.650. The molecule has 0 heterocycles. The van der Waals surface area contributed by atoms with Crippen molar-refractivity contribution in [3.05, 3.63) is 0 Å². The van der Waals surface area contributed by atoms with Crippen LogP contribution in [0.5, 0.6) is 0 Å². The van der Waals surface area contributed by atoms with Crippen molar-refractivity contribution in [1.82, 2.24) is 5.32 Å². The third-order valence-electron chi connectivity index (χ3n) is 12.7. The van der Waals surface area contributed by atoms with Crippen LogP contribution in [-0.4, -0.2) is 46.1 Å². The van der Waals surface area contributed by atoms with Crippen LogP contribution in [0.1, 0.15) is 303 Å². The van der Waals surface area contributed by atoms with E-state index in [1.807, 2.05) is 0 Å². The largest absolute Gasteiger partial charge is 0.394 e. The van der Waals surface area contributed by atoms with Crippen LogP contribution in [0.25, 0.3) is 0 Å². The molecular weight excluding hydrogens is 703 g/mol. The van der Waals surface area contributed by atoms with Crippen molar-refractivity contribution >= 4 is 5.91 Å². The Morgan fingerprint density at radius 3 is 0.842 bits per heavy atom. The second-order valence-corrected chi connectivity index (χ2v) is 18.5. The summed E-state index contributed by atoms with van der Waals surface area (Å²) >= 11 is 0. The van der Waals surface area contributed by atoms with E-state index in [4.69, 9.17) is 0 Å². The van der Waals surface area contributed by atoms with E-state index in [-0.39, 0.29) is 18.9 Å². The summed E-state index contributed by atoms with van der Waals surface area (Å²) in [7, 11) is 0. The number of hydrogen-bond acceptors (Lipinski definition) is 4. The summed E-state index contributed by atoms with van der Waals surface area (Å²) in [5.74, 6) is -0.275. The van der Waals surface area contributed by atoms with E-state index in [0.717, 1.165) is 25.7 Å². The Bertz CT molecular complexity index is 762. The molecule has 3 atom stereocenters. The lowest BCUT2D eigenvalue weighted by Gasteiger charge is -2.23. The Balaban J connectivity index is 3.50. The Morgan fingerprint density at radius 1 is 0.368 bits per heavy atom. The van der Waals surface area contributed by atoms with Crippen LogP contribution in [0.4, 0.5) is 0 Å². The molecule has 0 aromatic rings. The normalized spacial score (nSPS) is 13.3. The molecule has 0 saturated heterocycles. The smallest absolute Gasteiger partial charge is 0.222 e. The van der Waals surface area contributed by atoms with Crippen LogP contribution in [0.2, 0.25) is 0 Å². The highest BCUT2D eigenvalue weighted by Crippen LogP contribution is 2.18. The summed E-state index contributed by atoms with van der Waals surface area (Å²) in [6.07, 6.45) is 56.7. The summed E-state index contributed by atoms with van der Waals surface area (Å²) < 4.78 is 0. The average Bonchev–Trinajstić information content (AvgIpc) is 3.20. The zero-order valence-electron chi connectivity index (χ0n) is 39.0. The SMILES string of the molecule is CCCCCCCCCCCCCCCCCCCCCCCCCCCC(O)CC(=O)NC(CO)C(O)CCCCCCCCCCCCCCCCCCC. The molecule has 0 saturated carbocycles. The van der Waals surface area contributed by atoms with E-state index in [0.29, 0.717) is 12.8 Å². The summed E-state index contributed by atoms with van der Waals surface area (Å²) in [6, 6.07) is -0.653. The number of carbonyl (C=O) groups excluding carboxylic acids is 1. The molecule has 57 heavy (non-hydrogen) atoms. The number of hydrogen-bond donors (Lipinski definition) is 4. The molecule has 0 spiro atoms. The molecule has 0 aromatic carbocycles. The molecule has 0 radical (unpaired) electrons. The van der Waals surface area contributed by atoms with Gasteiger partial charge in [-0.05, 0) is 12.8 Å². The third-order valence-corrected chi connectivity index (χ3v) is 12.7. The average molecular weight is 808 g/mol. The van der Waals surface area contributed by atoms with Gasteiger partial charge in [-0.3, -0.25) is 4.79 Å². The molecule has 4 N–H and O–H groups in total. The van der Waals surface area contributed by atoms with E-state index in [1.54, 1.807) is 0 Å². The number of amides is 1. The predicted molar refractivity (Wildman–Crippen MR) is 250 cm³/mol. The molecule has 342 valence electrons. The van der Waals surface area contributed by atoms with Crippen LogP contribution in [-0.2, 0) is 4.79 Å². The fourth-order valence-corrected chi connectivity index (χ4v) is 8.64. The topological polar surface area (TPSA) is 89.8 Å². The molecule has 0 aliphatic heterocycles. The number of aliphatic hydroxyl groups excluding tert-OH is 3. The number of aliphatic hydroxyl groups is 3. The highest BCUT2D eigenvalue weighted by Gasteiger charge is 2.21. The highest BCUT2D eigenvalue weighted by atomic mass is 16.3. The van der Waals surface area contributed by atoms with Crippen molar-refractivity contribution in [2.24, 2.45) is 0 Å². The molecule has 0 rings (SSSR count). The minimum atomic E-state index is -0.744. The van der Waals surface area contributed by atoms with Crippen molar-refractivity contribution in [2.45, 2.75) is 321 Å². The lowest BCUT2D eigenvalue weighted by molar-refractivity contribution is -0.125. The molecule has 3 unspecified atom stereocenters. The minimum absolute atomic E-state index is 0.0434. The van der Waals surface area contributed by atoms with Crippen LogP contribution in [0, 0.1) is 0 Å². The van der Waals surface area contributed by atoms with Gasteiger partial charge < -0.3 is 20.6 Å². The van der Waals surface area contributed by atoms with Crippen molar-refractivity contribution < 1.29 is 20.1 Å². The Labute approximate surface area is 357 Å². The van der Waals surface area contributed by atoms with Crippen molar-refractivity contribution in [3.63, 3.8) is 0 Å². The molecule has 0 aliphatic rings. The standard InChI is InChI=1S/C52H105NO4/c1-3-5-7-9-11-13-15-17-19-21-22-23-24-25-26-27-28-30-31-33-35-37-39-41-43-45-49(55)47-52(57)53-50(48-54)51(56)46-44-42-40-38-36-34-32-29-20-18-16-14-12-10-8-6-4-2/h49-51,54-56H,3-48H2,1-2H3,(H,53,57). The minimum Gasteiger partial charge on any atom is -0.394 e. The van der Waals surface area contributed by atoms with Gasteiger partial charge in [-0.2, -0.15) is 0 Å². The van der Waals surface area contributed by atoms with Crippen LogP contribution in [0.15, 0.2) is 0 Å². The summed E-state index contributed by atoms with van der Waals surface area (Å²) in [4.78, 5) is 12.5. The number of carbonyl (C=O) groups is 1. The van der Waals surface area contributed by atoms with Gasteiger partial charge in [0.1, 0.15) is 0 Å². The first-order valence-corrected chi connectivity index (χ1v) is 26.3. The Kier molecular flexibility index (Phi) is 47.5. The van der Waals surface area contributed by atoms with Gasteiger partial charge in [0.2, 0.25) is 5.91 Å². The van der Waals surface area contributed by atoms with Gasteiger partial charge in [0.25, 0.3) is 0 Å². The molecule has 0 bridgehead atoms. The van der Waals surface area contributed by atoms with Crippen molar-refractivity contribution in [2.75, 3.05) is 6.61 Å². The van der Waals surface area contributed by atoms with Gasteiger partial charge in [0, 0.05) is 0 Å². The summed E-state index contributed by atoms with van der Waals surface area (Å²) in [5.41, 5.74) is 0. The predicted octanol–water partition coefficient (Wildman–Crippen LogP) is 15.8. The fourth-order valence-electron chi connectivity index (χ4n) is 8.64. The van der Waals surface area contributed by atoms with E-state index >= 15 is 0 Å². The quantitative estimate of drug-likeness (QED) is 0.0461. The highest BCUT2D eigenvalue weighted by molar-refractivity contribution is 5.76. The maximum absolute atomic E-state index is 12.5. The first-order valence-electron chi connectivity index (χ1n) is 26.3. The first-order chi connectivity index (χ1) is 28.0. The van der Waals surface area contributed by atoms with Crippen LogP contribution >= 0.6 is 0 Å². The maximum Gasteiger partial charge on any atom is 0.222 e. The van der Waals surface area contributed by atoms with Crippen molar-refractivity contribution in [1.29, 1.82) is 0 Å². The van der Waals surface area contributed by atoms with E-state index < -0.39 is 18.2 Å². The van der Waals surface area contributed by atoms with Crippen LogP contribution in [0.3, 0.4) is 0 Å². The molecular formula is C52H105NO4. The molecule has 0 fully saturated rings. The zero-order valence-corrected chi connectivity index (χ0v) is 39.0. The third kappa shape index (κ3) is 44.7. The Morgan fingerprint density at radius 2 is 0.596 bits per heavy atom. The fraction of sp³-hybridized carbons (Fsp3) is 0.981. The number of unbranched alkanes of at least 4 members (excludes halogenated alkanes) is 40. The van der Waals surface area contributed by atoms with E-state index in [9.17, 15) is 20.1 Å². The zero-order chi connectivity index (χ0) is 41.5. The molecule has 1 amide bonds. The summed E-state index contributed by atoms with van der Waals surface area (Å²) in [6.45, 7) is 4.30. The van der Waals surface area contributed by atoms with Gasteiger partial charge in [-0.15, -0.1) is 0 Å². The first kappa shape index (κ1) is 56.4. The molecule has 5 heteroatoms. The maximum atomic E-state index is 12.5.